The van der Waals surface area contributed by atoms with Crippen LogP contribution in [0.1, 0.15) is 87.2 Å². The average molecular weight is 465 g/mol. The first-order valence-electron chi connectivity index (χ1n) is 13.0. The molecule has 7 nitrogen and oxygen atoms in total. The van der Waals surface area contributed by atoms with E-state index in [1.165, 1.54) is 19.8 Å². The van der Waals surface area contributed by atoms with Crippen molar-refractivity contribution in [3.63, 3.8) is 0 Å². The molecule has 2 aromatic rings. The van der Waals surface area contributed by atoms with Crippen molar-refractivity contribution in [2.24, 2.45) is 0 Å². The Bertz CT molecular complexity index is 1110. The summed E-state index contributed by atoms with van der Waals surface area (Å²) in [4.78, 5) is 41.7. The van der Waals surface area contributed by atoms with E-state index >= 15 is 0 Å². The molecule has 1 aliphatic heterocycles. The minimum absolute atomic E-state index is 0.0344. The molecule has 1 unspecified atom stereocenters. The van der Waals surface area contributed by atoms with Crippen molar-refractivity contribution in [1.29, 1.82) is 0 Å². The molecular weight excluding hydrogens is 428 g/mol. The predicted octanol–water partition coefficient (Wildman–Crippen LogP) is 4.51. The summed E-state index contributed by atoms with van der Waals surface area (Å²) in [7, 11) is 0. The van der Waals surface area contributed by atoms with Crippen molar-refractivity contribution in [3.05, 3.63) is 29.5 Å². The Morgan fingerprint density at radius 1 is 0.971 bits per heavy atom. The fourth-order valence-corrected chi connectivity index (χ4v) is 6.24. The van der Waals surface area contributed by atoms with Gasteiger partial charge >= 0.3 is 0 Å². The first-order valence-corrected chi connectivity index (χ1v) is 13.0. The van der Waals surface area contributed by atoms with Crippen molar-refractivity contribution in [2.45, 2.75) is 103 Å². The third-order valence-corrected chi connectivity index (χ3v) is 7.87. The predicted molar refractivity (Wildman–Crippen MR) is 133 cm³/mol. The van der Waals surface area contributed by atoms with Gasteiger partial charge in [-0.3, -0.25) is 14.4 Å². The van der Waals surface area contributed by atoms with Gasteiger partial charge in [0.1, 0.15) is 11.7 Å². The molecule has 3 amide bonds. The molecule has 2 N–H and O–H groups in total. The molecule has 182 valence electrons. The maximum atomic E-state index is 14.1. The second-order valence-corrected chi connectivity index (χ2v) is 10.4. The standard InChI is InChI=1S/C27H36N4O3/c1-17-13-14-22-21(15-17)24(28-18(2)32)25-27(34)31(20-11-7-8-12-20)23(16-30(22)25)26(33)29-19-9-5-3-4-6-10-19/h13-15,19-20,23H,3-12,16H2,1-2H3,(H,28,32)(H,29,33). The van der Waals surface area contributed by atoms with Gasteiger partial charge in [0.15, 0.2) is 0 Å². The first-order chi connectivity index (χ1) is 16.4. The molecular formula is C27H36N4O3. The molecule has 1 atom stereocenters. The van der Waals surface area contributed by atoms with Gasteiger partial charge in [0.05, 0.1) is 17.7 Å². The van der Waals surface area contributed by atoms with E-state index in [0.29, 0.717) is 17.9 Å². The highest BCUT2D eigenvalue weighted by Gasteiger charge is 2.44. The molecule has 2 heterocycles. The number of anilines is 1. The third kappa shape index (κ3) is 4.21. The normalized spacial score (nSPS) is 22.0. The molecule has 3 aliphatic rings. The number of aryl methyl sites for hydroxylation is 1. The number of hydrogen-bond donors (Lipinski definition) is 2. The van der Waals surface area contributed by atoms with Crippen molar-refractivity contribution >= 4 is 34.3 Å². The second kappa shape index (κ2) is 9.43. The van der Waals surface area contributed by atoms with Gasteiger partial charge in [-0.15, -0.1) is 0 Å². The lowest BCUT2D eigenvalue weighted by molar-refractivity contribution is -0.128. The van der Waals surface area contributed by atoms with Crippen molar-refractivity contribution in [1.82, 2.24) is 14.8 Å². The van der Waals surface area contributed by atoms with Crippen LogP contribution in [0, 0.1) is 6.92 Å². The van der Waals surface area contributed by atoms with Gasteiger partial charge in [-0.05, 0) is 44.7 Å². The molecule has 2 fully saturated rings. The summed E-state index contributed by atoms with van der Waals surface area (Å²) < 4.78 is 1.96. The number of nitrogens with one attached hydrogen (secondary N) is 2. The van der Waals surface area contributed by atoms with Gasteiger partial charge < -0.3 is 20.1 Å². The van der Waals surface area contributed by atoms with E-state index in [0.717, 1.165) is 67.8 Å². The number of rotatable bonds is 4. The molecule has 1 aromatic carbocycles. The van der Waals surface area contributed by atoms with Gasteiger partial charge in [-0.2, -0.15) is 0 Å². The molecule has 34 heavy (non-hydrogen) atoms. The minimum atomic E-state index is -0.534. The average Bonchev–Trinajstić information content (AvgIpc) is 3.33. The van der Waals surface area contributed by atoms with Crippen LogP contribution in [0.25, 0.3) is 10.9 Å². The number of amides is 3. The van der Waals surface area contributed by atoms with Gasteiger partial charge in [0.25, 0.3) is 5.91 Å². The molecule has 0 radical (unpaired) electrons. The summed E-state index contributed by atoms with van der Waals surface area (Å²) >= 11 is 0. The zero-order valence-corrected chi connectivity index (χ0v) is 20.4. The Morgan fingerprint density at radius 3 is 2.32 bits per heavy atom. The largest absolute Gasteiger partial charge is 0.352 e. The van der Waals surface area contributed by atoms with Gasteiger partial charge in [-0.25, -0.2) is 0 Å². The second-order valence-electron chi connectivity index (χ2n) is 10.4. The van der Waals surface area contributed by atoms with Crippen LogP contribution < -0.4 is 10.6 Å². The monoisotopic (exact) mass is 464 g/mol. The van der Waals surface area contributed by atoms with E-state index < -0.39 is 6.04 Å². The zero-order chi connectivity index (χ0) is 23.8. The van der Waals surface area contributed by atoms with Crippen molar-refractivity contribution in [2.75, 3.05) is 5.32 Å². The fourth-order valence-electron chi connectivity index (χ4n) is 6.24. The minimum Gasteiger partial charge on any atom is -0.352 e. The van der Waals surface area contributed by atoms with E-state index in [9.17, 15) is 14.4 Å². The highest BCUT2D eigenvalue weighted by Crippen LogP contribution is 2.39. The number of hydrogen-bond acceptors (Lipinski definition) is 3. The number of aromatic nitrogens is 1. The van der Waals surface area contributed by atoms with E-state index in [1.807, 2.05) is 34.6 Å². The lowest BCUT2D eigenvalue weighted by atomic mass is 10.0. The summed E-state index contributed by atoms with van der Waals surface area (Å²) in [6.07, 6.45) is 10.8. The number of fused-ring (bicyclic) bond motifs is 3. The Morgan fingerprint density at radius 2 is 1.65 bits per heavy atom. The first kappa shape index (κ1) is 22.9. The topological polar surface area (TPSA) is 83.4 Å². The third-order valence-electron chi connectivity index (χ3n) is 7.87. The molecule has 2 aliphatic carbocycles. The van der Waals surface area contributed by atoms with Gasteiger partial charge in [-0.1, -0.05) is 50.2 Å². The Balaban J connectivity index is 1.56. The van der Waals surface area contributed by atoms with Crippen LogP contribution in [0.4, 0.5) is 5.69 Å². The number of benzene rings is 1. The van der Waals surface area contributed by atoms with Crippen LogP contribution in [0.3, 0.4) is 0 Å². The van der Waals surface area contributed by atoms with Gasteiger partial charge in [0.2, 0.25) is 11.8 Å². The molecule has 0 saturated heterocycles. The molecule has 7 heteroatoms. The van der Waals surface area contributed by atoms with E-state index in [1.54, 1.807) is 0 Å². The summed E-state index contributed by atoms with van der Waals surface area (Å²) in [6.45, 7) is 3.88. The summed E-state index contributed by atoms with van der Waals surface area (Å²) in [5, 5.41) is 7.10. The maximum absolute atomic E-state index is 14.1. The van der Waals surface area contributed by atoms with E-state index in [4.69, 9.17) is 0 Å². The molecule has 2 saturated carbocycles. The smallest absolute Gasteiger partial charge is 0.273 e. The Hall–Kier alpha value is -2.83. The lowest BCUT2D eigenvalue weighted by Crippen LogP contribution is -2.59. The number of carbonyl (C=O) groups is 3. The highest BCUT2D eigenvalue weighted by atomic mass is 16.2. The fraction of sp³-hybridized carbons (Fsp3) is 0.593. The van der Waals surface area contributed by atoms with E-state index in [2.05, 4.69) is 10.6 Å². The zero-order valence-electron chi connectivity index (χ0n) is 20.4. The summed E-state index contributed by atoms with van der Waals surface area (Å²) in [5.41, 5.74) is 3.02. The maximum Gasteiger partial charge on any atom is 0.273 e. The molecule has 5 rings (SSSR count). The molecule has 0 bridgehead atoms. The van der Waals surface area contributed by atoms with E-state index in [-0.39, 0.29) is 29.8 Å². The van der Waals surface area contributed by atoms with Crippen LogP contribution in [-0.2, 0) is 16.1 Å². The highest BCUT2D eigenvalue weighted by molar-refractivity contribution is 6.14. The SMILES string of the molecule is CC(=O)Nc1c2n(c3ccc(C)cc13)CC(C(=O)NC1CCCCCC1)N(C1CCCC1)C2=O. The number of nitrogens with zero attached hydrogens (tertiary/aromatic N) is 2. The number of carbonyl (C=O) groups excluding carboxylic acids is 3. The summed E-state index contributed by atoms with van der Waals surface area (Å²) in [5.74, 6) is -0.380. The molecule has 0 spiro atoms. The van der Waals surface area contributed by atoms with Crippen molar-refractivity contribution < 1.29 is 14.4 Å². The van der Waals surface area contributed by atoms with Gasteiger partial charge in [0, 0.05) is 24.4 Å². The van der Waals surface area contributed by atoms with Crippen LogP contribution in [0.5, 0.6) is 0 Å². The van der Waals surface area contributed by atoms with Crippen LogP contribution in [0.15, 0.2) is 18.2 Å². The van der Waals surface area contributed by atoms with Crippen LogP contribution in [0.2, 0.25) is 0 Å². The Kier molecular flexibility index (Phi) is 6.36. The summed E-state index contributed by atoms with van der Waals surface area (Å²) in [6, 6.07) is 5.75. The Labute approximate surface area is 201 Å². The quantitative estimate of drug-likeness (QED) is 0.653. The van der Waals surface area contributed by atoms with Crippen molar-refractivity contribution in [3.8, 4) is 0 Å². The van der Waals surface area contributed by atoms with Crippen LogP contribution >= 0.6 is 0 Å². The van der Waals surface area contributed by atoms with Crippen LogP contribution in [-0.4, -0.2) is 45.3 Å². The lowest BCUT2D eigenvalue weighted by Gasteiger charge is -2.40. The molecule has 1 aromatic heterocycles.